The quantitative estimate of drug-likeness (QED) is 0.127. The zero-order valence-electron chi connectivity index (χ0n) is 32.4. The van der Waals surface area contributed by atoms with E-state index in [2.05, 4.69) is 182 Å². The highest BCUT2D eigenvalue weighted by molar-refractivity contribution is 5.70. The summed E-state index contributed by atoms with van der Waals surface area (Å²) >= 11 is 0. The van der Waals surface area contributed by atoms with Crippen LogP contribution in [0.25, 0.3) is 46.8 Å². The van der Waals surface area contributed by atoms with Gasteiger partial charge in [0.15, 0.2) is 0 Å². The first-order valence-electron chi connectivity index (χ1n) is 20.0. The van der Waals surface area contributed by atoms with Gasteiger partial charge >= 0.3 is 0 Å². The van der Waals surface area contributed by atoms with Crippen LogP contribution in [-0.4, -0.2) is 9.13 Å². The van der Waals surface area contributed by atoms with Gasteiger partial charge in [-0.2, -0.15) is 0 Å². The molecule has 0 amide bonds. The first-order valence-corrected chi connectivity index (χ1v) is 20.0. The van der Waals surface area contributed by atoms with Gasteiger partial charge in [0.1, 0.15) is 0 Å². The number of hydrogen-bond donors (Lipinski definition) is 0. The molecule has 0 saturated heterocycles. The minimum atomic E-state index is 0.920. The van der Waals surface area contributed by atoms with Crippen LogP contribution >= 0.6 is 0 Å². The molecule has 2 heteroatoms. The predicted molar refractivity (Wildman–Crippen MR) is 232 cm³/mol. The smallest absolute Gasteiger partial charge is 0.0494 e. The fourth-order valence-corrected chi connectivity index (χ4v) is 8.43. The molecule has 2 aliphatic rings. The van der Waals surface area contributed by atoms with Crippen molar-refractivity contribution in [3.05, 3.63) is 189 Å². The lowest BCUT2D eigenvalue weighted by molar-refractivity contribution is 0.952. The van der Waals surface area contributed by atoms with E-state index in [4.69, 9.17) is 0 Å². The Balaban J connectivity index is 0.928. The molecular formula is C52H52N2. The van der Waals surface area contributed by atoms with Crippen LogP contribution in [0.1, 0.15) is 107 Å². The monoisotopic (exact) mass is 704 g/mol. The summed E-state index contributed by atoms with van der Waals surface area (Å²) in [7, 11) is 0. The molecule has 8 rings (SSSR count). The number of rotatable bonds is 11. The number of benzene rings is 4. The zero-order chi connectivity index (χ0) is 37.0. The van der Waals surface area contributed by atoms with Crippen molar-refractivity contribution in [3.8, 4) is 22.5 Å². The predicted octanol–water partition coefficient (Wildman–Crippen LogP) is 13.5. The lowest BCUT2D eigenvalue weighted by Gasteiger charge is -2.14. The Bertz CT molecular complexity index is 2190. The van der Waals surface area contributed by atoms with E-state index in [0.717, 1.165) is 51.4 Å². The van der Waals surface area contributed by atoms with E-state index in [0.29, 0.717) is 0 Å². The number of allylic oxidation sites excluding steroid dienone is 4. The van der Waals surface area contributed by atoms with Gasteiger partial charge in [0.2, 0.25) is 0 Å². The van der Waals surface area contributed by atoms with Crippen molar-refractivity contribution in [3.63, 3.8) is 0 Å². The van der Waals surface area contributed by atoms with Crippen molar-refractivity contribution >= 4 is 24.3 Å². The van der Waals surface area contributed by atoms with E-state index in [1.165, 1.54) is 89.8 Å². The van der Waals surface area contributed by atoms with Crippen LogP contribution in [0.3, 0.4) is 0 Å². The Morgan fingerprint density at radius 1 is 0.481 bits per heavy atom. The second-order valence-electron chi connectivity index (χ2n) is 15.0. The molecule has 2 aliphatic carbocycles. The van der Waals surface area contributed by atoms with E-state index >= 15 is 0 Å². The maximum Gasteiger partial charge on any atom is 0.0494 e. The third-order valence-corrected chi connectivity index (χ3v) is 11.4. The molecule has 0 atom stereocenters. The zero-order valence-corrected chi connectivity index (χ0v) is 32.4. The summed E-state index contributed by atoms with van der Waals surface area (Å²) in [6.45, 7) is 8.97. The van der Waals surface area contributed by atoms with Gasteiger partial charge in [-0.05, 0) is 169 Å². The molecule has 2 heterocycles. The summed E-state index contributed by atoms with van der Waals surface area (Å²) in [6.07, 6.45) is 26.8. The fourth-order valence-electron chi connectivity index (χ4n) is 8.43. The van der Waals surface area contributed by atoms with Crippen molar-refractivity contribution < 1.29 is 0 Å². The molecule has 0 fully saturated rings. The Morgan fingerprint density at radius 2 is 0.833 bits per heavy atom. The number of aromatic nitrogens is 2. The van der Waals surface area contributed by atoms with Crippen LogP contribution in [0, 0.1) is 13.8 Å². The van der Waals surface area contributed by atoms with Gasteiger partial charge in [-0.1, -0.05) is 111 Å². The molecule has 0 spiro atoms. The van der Waals surface area contributed by atoms with E-state index in [-0.39, 0.29) is 0 Å². The average Bonchev–Trinajstić information content (AvgIpc) is 3.66. The Hall–Kier alpha value is -5.60. The SMILES string of the molecule is CC/C=C\c1c(C)c2c(n1-c1ccc(Cc3ccc(-c4ccc(Cc5ccc(-n6c7c(c(C)c6/C=C\CC)CCC=C7)cc5)cc4)cc3)cc1)C=CCC2. The summed E-state index contributed by atoms with van der Waals surface area (Å²) in [6, 6.07) is 36.6. The van der Waals surface area contributed by atoms with E-state index in [1.807, 2.05) is 0 Å². The van der Waals surface area contributed by atoms with Gasteiger partial charge in [-0.25, -0.2) is 0 Å². The van der Waals surface area contributed by atoms with Gasteiger partial charge < -0.3 is 9.13 Å². The lowest BCUT2D eigenvalue weighted by atomic mass is 9.98. The molecule has 0 unspecified atom stereocenters. The van der Waals surface area contributed by atoms with Crippen molar-refractivity contribution in [2.24, 2.45) is 0 Å². The molecule has 4 aromatic carbocycles. The van der Waals surface area contributed by atoms with Crippen LogP contribution < -0.4 is 0 Å². The van der Waals surface area contributed by atoms with Crippen LogP contribution in [0.4, 0.5) is 0 Å². The summed E-state index contributed by atoms with van der Waals surface area (Å²) in [4.78, 5) is 0. The van der Waals surface area contributed by atoms with Gasteiger partial charge in [0.05, 0.1) is 0 Å². The molecule has 6 aromatic rings. The normalized spacial score (nSPS) is 13.6. The van der Waals surface area contributed by atoms with E-state index in [1.54, 1.807) is 0 Å². The third kappa shape index (κ3) is 7.06. The topological polar surface area (TPSA) is 9.86 Å². The minimum absolute atomic E-state index is 0.920. The van der Waals surface area contributed by atoms with Gasteiger partial charge in [0.25, 0.3) is 0 Å². The van der Waals surface area contributed by atoms with Crippen LogP contribution in [0.5, 0.6) is 0 Å². The Kier molecular flexibility index (Phi) is 10.4. The fraction of sp³-hybridized carbons (Fsp3) is 0.231. The number of nitrogens with zero attached hydrogens (tertiary/aromatic N) is 2. The van der Waals surface area contributed by atoms with Crippen molar-refractivity contribution in [2.75, 3.05) is 0 Å². The van der Waals surface area contributed by atoms with Crippen molar-refractivity contribution in [1.29, 1.82) is 0 Å². The first-order chi connectivity index (χ1) is 26.5. The molecule has 2 aromatic heterocycles. The van der Waals surface area contributed by atoms with Crippen LogP contribution in [0.2, 0.25) is 0 Å². The standard InChI is InChI=1S/C52H52N2/c1-5-7-15-49-37(3)47-13-9-11-17-51(47)53(49)45-31-23-41(24-32-45)35-39-19-27-43(28-20-39)44-29-21-40(22-30-44)36-42-25-33-46(34-26-42)54-50(16-8-6-2)38(4)48-14-10-12-18-52(48)54/h7-8,11-12,15-34H,5-6,9-10,13-14,35-36H2,1-4H3/b15-7-,16-8-. The Labute approximate surface area is 322 Å². The first kappa shape index (κ1) is 35.4. The molecule has 0 radical (unpaired) electrons. The van der Waals surface area contributed by atoms with Crippen molar-refractivity contribution in [1.82, 2.24) is 9.13 Å². The number of fused-ring (bicyclic) bond motifs is 2. The van der Waals surface area contributed by atoms with Crippen molar-refractivity contribution in [2.45, 2.75) is 79.1 Å². The molecule has 270 valence electrons. The second kappa shape index (κ2) is 15.8. The molecule has 2 nitrogen and oxygen atoms in total. The van der Waals surface area contributed by atoms with Gasteiger partial charge in [-0.3, -0.25) is 0 Å². The highest BCUT2D eigenvalue weighted by Crippen LogP contribution is 2.34. The average molecular weight is 705 g/mol. The summed E-state index contributed by atoms with van der Waals surface area (Å²) in [5.41, 5.74) is 21.4. The highest BCUT2D eigenvalue weighted by Gasteiger charge is 2.21. The molecule has 54 heavy (non-hydrogen) atoms. The molecule has 0 bridgehead atoms. The maximum atomic E-state index is 2.45. The lowest BCUT2D eigenvalue weighted by Crippen LogP contribution is -2.02. The van der Waals surface area contributed by atoms with Crippen LogP contribution in [-0.2, 0) is 25.7 Å². The minimum Gasteiger partial charge on any atom is -0.310 e. The molecule has 0 N–H and O–H groups in total. The van der Waals surface area contributed by atoms with Gasteiger partial charge in [-0.15, -0.1) is 0 Å². The second-order valence-corrected chi connectivity index (χ2v) is 15.0. The molecule has 0 saturated carbocycles. The summed E-state index contributed by atoms with van der Waals surface area (Å²) in [5.74, 6) is 0. The van der Waals surface area contributed by atoms with E-state index in [9.17, 15) is 0 Å². The highest BCUT2D eigenvalue weighted by atomic mass is 15.0. The summed E-state index contributed by atoms with van der Waals surface area (Å²) < 4.78 is 4.89. The number of hydrogen-bond acceptors (Lipinski definition) is 0. The Morgan fingerprint density at radius 3 is 1.19 bits per heavy atom. The largest absolute Gasteiger partial charge is 0.310 e. The van der Waals surface area contributed by atoms with E-state index < -0.39 is 0 Å². The molecular weight excluding hydrogens is 653 g/mol. The maximum absolute atomic E-state index is 2.45. The van der Waals surface area contributed by atoms with Crippen LogP contribution in [0.15, 0.2) is 121 Å². The third-order valence-electron chi connectivity index (χ3n) is 11.4. The molecule has 0 aliphatic heterocycles. The van der Waals surface area contributed by atoms with Gasteiger partial charge in [0, 0.05) is 34.2 Å². The summed E-state index contributed by atoms with van der Waals surface area (Å²) in [5, 5.41) is 0.